The van der Waals surface area contributed by atoms with Gasteiger partial charge in [0.1, 0.15) is 0 Å². The Kier molecular flexibility index (Phi) is 6.76. The number of alkyl halides is 2. The van der Waals surface area contributed by atoms with Crippen molar-refractivity contribution < 1.29 is 8.78 Å². The van der Waals surface area contributed by atoms with E-state index in [1.54, 1.807) is 19.2 Å². The largest absolute Gasteiger partial charge is 0.248 e. The maximum absolute atomic E-state index is 13.3. The van der Waals surface area contributed by atoms with E-state index in [1.165, 1.54) is 12.1 Å². The molecule has 1 N–H and O–H groups in total. The van der Waals surface area contributed by atoms with Crippen LogP contribution in [0.5, 0.6) is 0 Å². The molecular weight excluding hydrogens is 328 g/mol. The van der Waals surface area contributed by atoms with Crippen LogP contribution < -0.4 is 4.72 Å². The van der Waals surface area contributed by atoms with Gasteiger partial charge < -0.3 is 0 Å². The van der Waals surface area contributed by atoms with Crippen LogP contribution >= 0.6 is 12.1 Å². The van der Waals surface area contributed by atoms with Gasteiger partial charge in [-0.2, -0.15) is 5.26 Å². The van der Waals surface area contributed by atoms with Crippen LogP contribution in [0.15, 0.2) is 28.7 Å². The molecule has 1 saturated carbocycles. The number of hydrogen-bond acceptors (Lipinski definition) is 4. The third-order valence-corrected chi connectivity index (χ3v) is 4.99. The van der Waals surface area contributed by atoms with Gasteiger partial charge in [-0.05, 0) is 43.0 Å². The zero-order valence-corrected chi connectivity index (χ0v) is 14.9. The van der Waals surface area contributed by atoms with E-state index in [4.69, 9.17) is 5.26 Å². The summed E-state index contributed by atoms with van der Waals surface area (Å²) in [4.78, 5) is 0. The molecule has 1 aliphatic carbocycles. The molecule has 0 heterocycles. The van der Waals surface area contributed by atoms with Crippen molar-refractivity contribution in [2.24, 2.45) is 16.2 Å². The number of nitrogens with zero attached hydrogens (tertiary/aromatic N) is 2. The van der Waals surface area contributed by atoms with Crippen LogP contribution in [-0.2, 0) is 0 Å². The summed E-state index contributed by atoms with van der Waals surface area (Å²) >= 11 is 1.24. The van der Waals surface area contributed by atoms with Gasteiger partial charge in [0, 0.05) is 12.8 Å². The number of nitrogens with one attached hydrogen (secondary N) is 1. The smallest absolute Gasteiger partial charge is 0.247 e. The first-order valence-corrected chi connectivity index (χ1v) is 9.04. The fourth-order valence-corrected chi connectivity index (χ4v) is 3.59. The number of rotatable bonds is 8. The van der Waals surface area contributed by atoms with E-state index in [1.807, 2.05) is 12.1 Å². The molecule has 1 unspecified atom stereocenters. The van der Waals surface area contributed by atoms with Crippen LogP contribution in [0, 0.1) is 23.2 Å². The highest BCUT2D eigenvalue weighted by Crippen LogP contribution is 2.48. The Hall–Kier alpha value is -1.45. The molecule has 2 rings (SSSR count). The Balaban J connectivity index is 2.15. The Morgan fingerprint density at radius 2 is 2.08 bits per heavy atom. The van der Waals surface area contributed by atoms with Crippen molar-refractivity contribution in [2.45, 2.75) is 45.0 Å². The van der Waals surface area contributed by atoms with E-state index >= 15 is 0 Å². The van der Waals surface area contributed by atoms with Gasteiger partial charge in [0.25, 0.3) is 0 Å². The molecule has 0 saturated heterocycles. The summed E-state index contributed by atoms with van der Waals surface area (Å²) < 4.78 is 34.0. The lowest BCUT2D eigenvalue weighted by molar-refractivity contribution is -0.126. The first-order valence-electron chi connectivity index (χ1n) is 8.27. The predicted octanol–water partition coefficient (Wildman–Crippen LogP) is 4.98. The third-order valence-electron chi connectivity index (χ3n) is 4.50. The van der Waals surface area contributed by atoms with Gasteiger partial charge in [0.05, 0.1) is 29.5 Å². The molecule has 1 aliphatic rings. The molecule has 0 amide bonds. The van der Waals surface area contributed by atoms with Gasteiger partial charge in [-0.3, -0.25) is 0 Å². The Labute approximate surface area is 146 Å². The lowest BCUT2D eigenvalue weighted by Crippen LogP contribution is -2.40. The fraction of sp³-hybridized carbons (Fsp3) is 0.556. The highest BCUT2D eigenvalue weighted by molar-refractivity contribution is 7.96. The first kappa shape index (κ1) is 18.9. The molecule has 1 aromatic carbocycles. The van der Waals surface area contributed by atoms with Crippen molar-refractivity contribution in [2.75, 3.05) is 7.05 Å². The summed E-state index contributed by atoms with van der Waals surface area (Å²) in [5, 5.41) is 8.92. The second-order valence-corrected chi connectivity index (χ2v) is 7.07. The molecule has 130 valence electrons. The van der Waals surface area contributed by atoms with E-state index in [9.17, 15) is 8.78 Å². The van der Waals surface area contributed by atoms with Crippen LogP contribution in [-0.4, -0.2) is 18.7 Å². The molecular formula is C18H23F2N3S. The van der Waals surface area contributed by atoms with Crippen molar-refractivity contribution >= 4 is 17.8 Å². The van der Waals surface area contributed by atoms with E-state index in [-0.39, 0.29) is 24.7 Å². The highest BCUT2D eigenvalue weighted by atomic mass is 32.2. The quantitative estimate of drug-likeness (QED) is 0.531. The predicted molar refractivity (Wildman–Crippen MR) is 95.0 cm³/mol. The Morgan fingerprint density at radius 1 is 1.42 bits per heavy atom. The van der Waals surface area contributed by atoms with Gasteiger partial charge in [0.15, 0.2) is 0 Å². The molecule has 0 bridgehead atoms. The SMILES string of the molecule is CCCC(CC(=NSNC)c1ccc(C#N)cc1)C1CC(F)(F)C1. The van der Waals surface area contributed by atoms with Crippen LogP contribution in [0.3, 0.4) is 0 Å². The molecule has 1 atom stereocenters. The van der Waals surface area contributed by atoms with Gasteiger partial charge in [-0.1, -0.05) is 31.9 Å². The van der Waals surface area contributed by atoms with Crippen molar-refractivity contribution in [3.8, 4) is 6.07 Å². The van der Waals surface area contributed by atoms with Crippen molar-refractivity contribution in [1.82, 2.24) is 4.72 Å². The van der Waals surface area contributed by atoms with E-state index in [0.29, 0.717) is 12.0 Å². The van der Waals surface area contributed by atoms with E-state index < -0.39 is 5.92 Å². The highest BCUT2D eigenvalue weighted by Gasteiger charge is 2.48. The van der Waals surface area contributed by atoms with Gasteiger partial charge in [-0.15, -0.1) is 0 Å². The van der Waals surface area contributed by atoms with Gasteiger partial charge in [0.2, 0.25) is 5.92 Å². The van der Waals surface area contributed by atoms with Crippen LogP contribution in [0.25, 0.3) is 0 Å². The average molecular weight is 351 g/mol. The summed E-state index contributed by atoms with van der Waals surface area (Å²) in [6.07, 6.45) is 2.59. The number of halogens is 2. The monoisotopic (exact) mass is 351 g/mol. The lowest BCUT2D eigenvalue weighted by Gasteiger charge is -2.40. The second kappa shape index (κ2) is 8.59. The van der Waals surface area contributed by atoms with Crippen LogP contribution in [0.2, 0.25) is 0 Å². The second-order valence-electron chi connectivity index (χ2n) is 6.30. The normalized spacial score (nSPS) is 18.7. The van der Waals surface area contributed by atoms with Crippen molar-refractivity contribution in [3.63, 3.8) is 0 Å². The fourth-order valence-electron chi connectivity index (χ4n) is 3.21. The minimum absolute atomic E-state index is 0.00249. The molecule has 0 radical (unpaired) electrons. The molecule has 6 heteroatoms. The molecule has 24 heavy (non-hydrogen) atoms. The summed E-state index contributed by atoms with van der Waals surface area (Å²) in [5.41, 5.74) is 2.44. The Morgan fingerprint density at radius 3 is 2.58 bits per heavy atom. The average Bonchev–Trinajstić information content (AvgIpc) is 2.55. The minimum atomic E-state index is -2.48. The summed E-state index contributed by atoms with van der Waals surface area (Å²) in [6, 6.07) is 9.39. The minimum Gasteiger partial charge on any atom is -0.247 e. The number of benzene rings is 1. The molecule has 3 nitrogen and oxygen atoms in total. The number of hydrogen-bond donors (Lipinski definition) is 1. The Bertz CT molecular complexity index is 600. The van der Waals surface area contributed by atoms with E-state index in [2.05, 4.69) is 22.1 Å². The van der Waals surface area contributed by atoms with Crippen LogP contribution in [0.4, 0.5) is 8.78 Å². The summed E-state index contributed by atoms with van der Waals surface area (Å²) in [6.45, 7) is 2.09. The standard InChI is InChI=1S/C18H23F2N3S/c1-3-4-15(16-10-18(19,20)11-16)9-17(23-24-22-2)14-7-5-13(12-21)6-8-14/h5-8,15-16,22H,3-4,9-11H2,1-2H3. The third kappa shape index (κ3) is 5.02. The van der Waals surface area contributed by atoms with E-state index in [0.717, 1.165) is 24.1 Å². The van der Waals surface area contributed by atoms with Crippen LogP contribution in [0.1, 0.15) is 50.2 Å². The molecule has 0 aromatic heterocycles. The molecule has 0 spiro atoms. The maximum Gasteiger partial charge on any atom is 0.248 e. The number of nitriles is 1. The van der Waals surface area contributed by atoms with Crippen molar-refractivity contribution in [3.05, 3.63) is 35.4 Å². The molecule has 1 fully saturated rings. The van der Waals surface area contributed by atoms with Gasteiger partial charge in [-0.25, -0.2) is 17.9 Å². The summed E-state index contributed by atoms with van der Waals surface area (Å²) in [7, 11) is 1.79. The van der Waals surface area contributed by atoms with Gasteiger partial charge >= 0.3 is 0 Å². The molecule has 1 aromatic rings. The topological polar surface area (TPSA) is 48.2 Å². The zero-order chi connectivity index (χ0) is 17.6. The lowest BCUT2D eigenvalue weighted by atomic mass is 9.69. The molecule has 0 aliphatic heterocycles. The maximum atomic E-state index is 13.3. The summed E-state index contributed by atoms with van der Waals surface area (Å²) in [5.74, 6) is -2.19. The first-order chi connectivity index (χ1) is 11.5. The zero-order valence-electron chi connectivity index (χ0n) is 14.1. The van der Waals surface area contributed by atoms with Crippen molar-refractivity contribution in [1.29, 1.82) is 5.26 Å².